The zero-order valence-electron chi connectivity index (χ0n) is 10.0. The lowest BCUT2D eigenvalue weighted by Crippen LogP contribution is -1.90. The first-order valence-electron chi connectivity index (χ1n) is 5.87. The highest BCUT2D eigenvalue weighted by molar-refractivity contribution is 5.82. The molecule has 0 radical (unpaired) electrons. The van der Waals surface area contributed by atoms with Crippen molar-refractivity contribution in [2.75, 3.05) is 0 Å². The molecule has 0 spiro atoms. The zero-order valence-corrected chi connectivity index (χ0v) is 10.0. The van der Waals surface area contributed by atoms with Gasteiger partial charge in [0, 0.05) is 10.9 Å². The molecular weight excluding hydrogens is 225 g/mol. The van der Waals surface area contributed by atoms with E-state index in [0.29, 0.717) is 11.1 Å². The topological polar surface area (TPSA) is 12.9 Å². The Balaban J connectivity index is 2.25. The Kier molecular flexibility index (Phi) is 2.56. The van der Waals surface area contributed by atoms with E-state index in [4.69, 9.17) is 0 Å². The molecule has 0 fully saturated rings. The first-order chi connectivity index (χ1) is 8.75. The lowest BCUT2D eigenvalue weighted by Gasteiger charge is -2.05. The molecule has 0 bridgehead atoms. The van der Waals surface area contributed by atoms with Gasteiger partial charge in [-0.15, -0.1) is 0 Å². The van der Waals surface area contributed by atoms with Gasteiger partial charge in [0.15, 0.2) is 5.82 Å². The summed E-state index contributed by atoms with van der Waals surface area (Å²) in [5.74, 6) is -0.231. The summed E-state index contributed by atoms with van der Waals surface area (Å²) in [6, 6.07) is 17.3. The minimum atomic E-state index is -0.231. The molecule has 2 heteroatoms. The second-order valence-electron chi connectivity index (χ2n) is 4.33. The van der Waals surface area contributed by atoms with Gasteiger partial charge in [0.05, 0.1) is 5.69 Å². The average molecular weight is 237 g/mol. The molecule has 3 aromatic rings. The van der Waals surface area contributed by atoms with Gasteiger partial charge in [0.25, 0.3) is 0 Å². The van der Waals surface area contributed by atoms with Crippen LogP contribution in [0, 0.1) is 12.7 Å². The number of benzene rings is 2. The molecule has 1 heterocycles. The summed E-state index contributed by atoms with van der Waals surface area (Å²) in [5.41, 5.74) is 2.87. The van der Waals surface area contributed by atoms with E-state index < -0.39 is 0 Å². The number of aryl methyl sites for hydroxylation is 1. The number of hydrogen-bond donors (Lipinski definition) is 0. The number of aromatic nitrogens is 1. The molecular formula is C16H12FN. The van der Waals surface area contributed by atoms with Crippen molar-refractivity contribution in [3.63, 3.8) is 0 Å². The Labute approximate surface area is 105 Å². The molecule has 0 saturated heterocycles. The van der Waals surface area contributed by atoms with Crippen molar-refractivity contribution in [2.45, 2.75) is 6.92 Å². The molecule has 0 aliphatic carbocycles. The van der Waals surface area contributed by atoms with Gasteiger partial charge >= 0.3 is 0 Å². The lowest BCUT2D eigenvalue weighted by molar-refractivity contribution is 0.628. The third kappa shape index (κ3) is 1.76. The Morgan fingerprint density at radius 2 is 1.61 bits per heavy atom. The summed E-state index contributed by atoms with van der Waals surface area (Å²) >= 11 is 0. The van der Waals surface area contributed by atoms with Gasteiger partial charge in [-0.25, -0.2) is 9.37 Å². The number of hydrogen-bond acceptors (Lipinski definition) is 1. The second-order valence-corrected chi connectivity index (χ2v) is 4.33. The van der Waals surface area contributed by atoms with E-state index in [-0.39, 0.29) is 5.82 Å². The van der Waals surface area contributed by atoms with Crippen molar-refractivity contribution in [1.29, 1.82) is 0 Å². The van der Waals surface area contributed by atoms with E-state index in [1.807, 2.05) is 48.5 Å². The quantitative estimate of drug-likeness (QED) is 0.613. The van der Waals surface area contributed by atoms with Crippen LogP contribution in [0.2, 0.25) is 0 Å². The molecule has 0 saturated carbocycles. The molecule has 0 amide bonds. The molecule has 0 atom stereocenters. The molecule has 0 aliphatic heterocycles. The number of pyridine rings is 1. The Morgan fingerprint density at radius 3 is 2.39 bits per heavy atom. The van der Waals surface area contributed by atoms with Crippen molar-refractivity contribution in [3.8, 4) is 11.3 Å². The van der Waals surface area contributed by atoms with Gasteiger partial charge in [-0.2, -0.15) is 0 Å². The Hall–Kier alpha value is -2.22. The maximum absolute atomic E-state index is 14.0. The van der Waals surface area contributed by atoms with Crippen LogP contribution in [-0.4, -0.2) is 4.98 Å². The van der Waals surface area contributed by atoms with Gasteiger partial charge in [-0.05, 0) is 18.6 Å². The Bertz CT molecular complexity index is 705. The van der Waals surface area contributed by atoms with Gasteiger partial charge in [-0.3, -0.25) is 0 Å². The second kappa shape index (κ2) is 4.22. The fourth-order valence-corrected chi connectivity index (χ4v) is 2.02. The molecule has 18 heavy (non-hydrogen) atoms. The van der Waals surface area contributed by atoms with Crippen LogP contribution in [0.15, 0.2) is 54.6 Å². The van der Waals surface area contributed by atoms with E-state index in [1.165, 1.54) is 0 Å². The fraction of sp³-hybridized carbons (Fsp3) is 0.0625. The summed E-state index contributed by atoms with van der Waals surface area (Å²) < 4.78 is 14.0. The molecule has 2 aromatic carbocycles. The number of rotatable bonds is 1. The van der Waals surface area contributed by atoms with E-state index in [9.17, 15) is 4.39 Å². The normalized spacial score (nSPS) is 10.8. The highest BCUT2D eigenvalue weighted by Crippen LogP contribution is 2.23. The predicted octanol–water partition coefficient (Wildman–Crippen LogP) is 4.35. The largest absolute Gasteiger partial charge is 0.245 e. The van der Waals surface area contributed by atoms with Gasteiger partial charge in [-0.1, -0.05) is 48.5 Å². The minimum Gasteiger partial charge on any atom is -0.245 e. The highest BCUT2D eigenvalue weighted by Gasteiger charge is 2.07. The lowest BCUT2D eigenvalue weighted by atomic mass is 10.1. The summed E-state index contributed by atoms with van der Waals surface area (Å²) in [4.78, 5) is 4.43. The summed E-state index contributed by atoms with van der Waals surface area (Å²) in [7, 11) is 0. The number of nitrogens with zero attached hydrogens (tertiary/aromatic N) is 1. The predicted molar refractivity (Wildman–Crippen MR) is 71.9 cm³/mol. The van der Waals surface area contributed by atoms with Crippen LogP contribution in [0.25, 0.3) is 22.2 Å². The van der Waals surface area contributed by atoms with Crippen LogP contribution in [0.4, 0.5) is 4.39 Å². The van der Waals surface area contributed by atoms with E-state index >= 15 is 0 Å². The third-order valence-electron chi connectivity index (χ3n) is 3.06. The van der Waals surface area contributed by atoms with Crippen LogP contribution in [-0.2, 0) is 0 Å². The zero-order chi connectivity index (χ0) is 12.5. The number of fused-ring (bicyclic) bond motifs is 1. The number of halogens is 1. The first kappa shape index (κ1) is 10.9. The molecule has 3 rings (SSSR count). The van der Waals surface area contributed by atoms with E-state index in [2.05, 4.69) is 4.98 Å². The monoisotopic (exact) mass is 237 g/mol. The van der Waals surface area contributed by atoms with Crippen LogP contribution >= 0.6 is 0 Å². The summed E-state index contributed by atoms with van der Waals surface area (Å²) in [6.07, 6.45) is 0. The van der Waals surface area contributed by atoms with Crippen molar-refractivity contribution in [3.05, 3.63) is 66.0 Å². The molecule has 0 N–H and O–H groups in total. The smallest absolute Gasteiger partial charge is 0.152 e. The van der Waals surface area contributed by atoms with Crippen molar-refractivity contribution >= 4 is 10.9 Å². The van der Waals surface area contributed by atoms with Crippen molar-refractivity contribution in [2.24, 2.45) is 0 Å². The van der Waals surface area contributed by atoms with Crippen LogP contribution < -0.4 is 0 Å². The summed E-state index contributed by atoms with van der Waals surface area (Å²) in [6.45, 7) is 1.76. The van der Waals surface area contributed by atoms with Gasteiger partial charge in [0.2, 0.25) is 0 Å². The van der Waals surface area contributed by atoms with Crippen molar-refractivity contribution < 1.29 is 4.39 Å². The molecule has 1 nitrogen and oxygen atoms in total. The highest BCUT2D eigenvalue weighted by atomic mass is 19.1. The van der Waals surface area contributed by atoms with E-state index in [1.54, 1.807) is 13.0 Å². The minimum absolute atomic E-state index is 0.231. The summed E-state index contributed by atoms with van der Waals surface area (Å²) in [5, 5.41) is 0.831. The van der Waals surface area contributed by atoms with E-state index in [0.717, 1.165) is 16.6 Å². The molecule has 1 aromatic heterocycles. The maximum Gasteiger partial charge on any atom is 0.152 e. The average Bonchev–Trinajstić information content (AvgIpc) is 2.44. The van der Waals surface area contributed by atoms with Crippen LogP contribution in [0.3, 0.4) is 0 Å². The third-order valence-corrected chi connectivity index (χ3v) is 3.06. The SMILES string of the molecule is Cc1ccc2ccc(-c3ccccc3)nc2c1F. The standard InChI is InChI=1S/C16H12FN/c1-11-7-8-13-9-10-14(18-16(13)15(11)17)12-5-3-2-4-6-12/h2-10H,1H3. The fourth-order valence-electron chi connectivity index (χ4n) is 2.02. The molecule has 0 aliphatic rings. The van der Waals surface area contributed by atoms with Crippen molar-refractivity contribution in [1.82, 2.24) is 4.98 Å². The Morgan fingerprint density at radius 1 is 0.889 bits per heavy atom. The molecule has 0 unspecified atom stereocenters. The van der Waals surface area contributed by atoms with Crippen LogP contribution in [0.5, 0.6) is 0 Å². The van der Waals surface area contributed by atoms with Crippen LogP contribution in [0.1, 0.15) is 5.56 Å². The van der Waals surface area contributed by atoms with Gasteiger partial charge < -0.3 is 0 Å². The van der Waals surface area contributed by atoms with Gasteiger partial charge in [0.1, 0.15) is 5.52 Å². The maximum atomic E-state index is 14.0. The molecule has 88 valence electrons. The first-order valence-corrected chi connectivity index (χ1v) is 5.87.